The van der Waals surface area contributed by atoms with Crippen molar-refractivity contribution in [1.82, 2.24) is 0 Å². The fraction of sp³-hybridized carbons (Fsp3) is 0.833. The molecule has 0 saturated carbocycles. The number of hydrogen-bond acceptors (Lipinski definition) is 2. The largest absolute Gasteiger partial charge is 0.481 e. The van der Waals surface area contributed by atoms with E-state index in [0.717, 1.165) is 0 Å². The Bertz CT molecular complexity index is 155. The number of carboxylic acids is 1. The maximum absolute atomic E-state index is 11.5. The van der Waals surface area contributed by atoms with Gasteiger partial charge in [0.2, 0.25) is 0 Å². The number of alkyl halides is 3. The van der Waals surface area contributed by atoms with E-state index >= 15 is 0 Å². The average molecular weight is 186 g/mol. The molecule has 0 spiro atoms. The molecule has 2 N–H and O–H groups in total. The summed E-state index contributed by atoms with van der Waals surface area (Å²) in [7, 11) is 0. The fourth-order valence-corrected chi connectivity index (χ4v) is 0.634. The molecule has 3 nitrogen and oxygen atoms in total. The summed E-state index contributed by atoms with van der Waals surface area (Å²) >= 11 is 0. The van der Waals surface area contributed by atoms with Crippen LogP contribution in [0, 0.1) is 0 Å². The zero-order valence-corrected chi connectivity index (χ0v) is 6.14. The number of aliphatic hydroxyl groups is 1. The Kier molecular flexibility index (Phi) is 4.02. The Hall–Kier alpha value is -0.780. The summed E-state index contributed by atoms with van der Waals surface area (Å²) in [5.74, 6) is -1.30. The fourth-order valence-electron chi connectivity index (χ4n) is 0.634. The third kappa shape index (κ3) is 7.33. The summed E-state index contributed by atoms with van der Waals surface area (Å²) < 4.78 is 34.5. The van der Waals surface area contributed by atoms with Crippen LogP contribution in [0.2, 0.25) is 0 Å². The minimum atomic E-state index is -4.33. The number of hydrogen-bond donors (Lipinski definition) is 2. The van der Waals surface area contributed by atoms with Crippen molar-refractivity contribution in [2.24, 2.45) is 0 Å². The van der Waals surface area contributed by atoms with Crippen LogP contribution in [0.3, 0.4) is 0 Å². The van der Waals surface area contributed by atoms with Gasteiger partial charge in [-0.3, -0.25) is 4.79 Å². The van der Waals surface area contributed by atoms with Gasteiger partial charge in [0, 0.05) is 6.42 Å². The van der Waals surface area contributed by atoms with E-state index in [1.807, 2.05) is 0 Å². The van der Waals surface area contributed by atoms with Crippen molar-refractivity contribution in [3.8, 4) is 0 Å². The third-order valence-electron chi connectivity index (χ3n) is 1.17. The molecule has 0 radical (unpaired) electrons. The van der Waals surface area contributed by atoms with Gasteiger partial charge in [-0.05, 0) is 6.42 Å². The summed E-state index contributed by atoms with van der Waals surface area (Å²) in [6.07, 6.45) is -8.10. The predicted octanol–water partition coefficient (Wildman–Crippen LogP) is 1.16. The highest BCUT2D eigenvalue weighted by Gasteiger charge is 2.28. The van der Waals surface area contributed by atoms with Crippen LogP contribution < -0.4 is 0 Å². The van der Waals surface area contributed by atoms with Crippen molar-refractivity contribution in [3.05, 3.63) is 0 Å². The second kappa shape index (κ2) is 4.30. The molecule has 1 unspecified atom stereocenters. The van der Waals surface area contributed by atoms with Crippen LogP contribution >= 0.6 is 0 Å². The Morgan fingerprint density at radius 2 is 1.92 bits per heavy atom. The molecule has 0 saturated heterocycles. The van der Waals surface area contributed by atoms with E-state index in [1.54, 1.807) is 0 Å². The van der Waals surface area contributed by atoms with Gasteiger partial charge in [0.15, 0.2) is 0 Å². The molecule has 72 valence electrons. The zero-order chi connectivity index (χ0) is 9.78. The molecule has 0 aliphatic heterocycles. The summed E-state index contributed by atoms with van der Waals surface area (Å²) in [6, 6.07) is 0. The lowest BCUT2D eigenvalue weighted by molar-refractivity contribution is -0.146. The molecule has 0 rings (SSSR count). The van der Waals surface area contributed by atoms with Crippen LogP contribution in [0.15, 0.2) is 0 Å². The van der Waals surface area contributed by atoms with Crippen LogP contribution in [-0.4, -0.2) is 28.5 Å². The highest BCUT2D eigenvalue weighted by atomic mass is 19.4. The number of carbonyl (C=O) groups is 1. The van der Waals surface area contributed by atoms with Gasteiger partial charge in [-0.2, -0.15) is 13.2 Å². The van der Waals surface area contributed by atoms with Crippen molar-refractivity contribution >= 4 is 5.97 Å². The first-order valence-corrected chi connectivity index (χ1v) is 3.28. The van der Waals surface area contributed by atoms with Gasteiger partial charge < -0.3 is 10.2 Å². The minimum Gasteiger partial charge on any atom is -0.481 e. The van der Waals surface area contributed by atoms with Crippen molar-refractivity contribution in [2.75, 3.05) is 0 Å². The molecule has 1 atom stereocenters. The number of rotatable bonds is 4. The van der Waals surface area contributed by atoms with Crippen LogP contribution in [0.4, 0.5) is 13.2 Å². The Balaban J connectivity index is 3.57. The molecule has 6 heteroatoms. The van der Waals surface area contributed by atoms with Gasteiger partial charge in [0.1, 0.15) is 0 Å². The molecular weight excluding hydrogens is 177 g/mol. The van der Waals surface area contributed by atoms with E-state index in [-0.39, 0.29) is 0 Å². The maximum Gasteiger partial charge on any atom is 0.389 e. The summed E-state index contributed by atoms with van der Waals surface area (Å²) in [4.78, 5) is 9.89. The molecule has 0 aromatic carbocycles. The lowest BCUT2D eigenvalue weighted by Gasteiger charge is -2.09. The number of aliphatic carboxylic acids is 1. The van der Waals surface area contributed by atoms with Gasteiger partial charge in [0.25, 0.3) is 0 Å². The van der Waals surface area contributed by atoms with E-state index in [2.05, 4.69) is 0 Å². The Morgan fingerprint density at radius 3 is 2.25 bits per heavy atom. The smallest absolute Gasteiger partial charge is 0.389 e. The minimum absolute atomic E-state index is 0.560. The Morgan fingerprint density at radius 1 is 1.42 bits per heavy atom. The zero-order valence-electron chi connectivity index (χ0n) is 6.14. The van der Waals surface area contributed by atoms with Crippen molar-refractivity contribution in [2.45, 2.75) is 31.5 Å². The first-order chi connectivity index (χ1) is 5.31. The van der Waals surface area contributed by atoms with Gasteiger partial charge in [-0.1, -0.05) is 0 Å². The first-order valence-electron chi connectivity index (χ1n) is 3.28. The third-order valence-corrected chi connectivity index (χ3v) is 1.17. The van der Waals surface area contributed by atoms with E-state index in [4.69, 9.17) is 10.2 Å². The topological polar surface area (TPSA) is 57.5 Å². The molecule has 12 heavy (non-hydrogen) atoms. The van der Waals surface area contributed by atoms with Crippen molar-refractivity contribution in [3.63, 3.8) is 0 Å². The molecule has 0 amide bonds. The SMILES string of the molecule is O=C(O)CC(O)CCC(F)(F)F. The van der Waals surface area contributed by atoms with E-state index in [0.29, 0.717) is 0 Å². The van der Waals surface area contributed by atoms with Gasteiger partial charge in [-0.25, -0.2) is 0 Å². The average Bonchev–Trinajstić information content (AvgIpc) is 1.80. The van der Waals surface area contributed by atoms with E-state index in [1.165, 1.54) is 0 Å². The molecule has 0 aromatic heterocycles. The van der Waals surface area contributed by atoms with Crippen molar-refractivity contribution < 1.29 is 28.2 Å². The van der Waals surface area contributed by atoms with Crippen LogP contribution in [0.5, 0.6) is 0 Å². The standard InChI is InChI=1S/C6H9F3O3/c7-6(8,9)2-1-4(10)3-5(11)12/h4,10H,1-3H2,(H,11,12). The van der Waals surface area contributed by atoms with Crippen molar-refractivity contribution in [1.29, 1.82) is 0 Å². The highest BCUT2D eigenvalue weighted by molar-refractivity contribution is 5.67. The van der Waals surface area contributed by atoms with E-state index < -0.39 is 37.5 Å². The van der Waals surface area contributed by atoms with Crippen LogP contribution in [0.25, 0.3) is 0 Å². The molecule has 0 aliphatic carbocycles. The second-order valence-corrected chi connectivity index (χ2v) is 2.41. The number of aliphatic hydroxyl groups excluding tert-OH is 1. The lowest BCUT2D eigenvalue weighted by Crippen LogP contribution is -2.17. The molecule has 0 bridgehead atoms. The first kappa shape index (κ1) is 11.2. The molecular formula is C6H9F3O3. The molecule has 0 aromatic rings. The molecule has 0 fully saturated rings. The maximum atomic E-state index is 11.5. The summed E-state index contributed by atoms with van der Waals surface area (Å²) in [5.41, 5.74) is 0. The Labute approximate surface area is 66.8 Å². The van der Waals surface area contributed by atoms with E-state index in [9.17, 15) is 18.0 Å². The monoisotopic (exact) mass is 186 g/mol. The molecule has 0 aliphatic rings. The quantitative estimate of drug-likeness (QED) is 0.692. The van der Waals surface area contributed by atoms with Gasteiger partial charge >= 0.3 is 12.1 Å². The van der Waals surface area contributed by atoms with Gasteiger partial charge in [0.05, 0.1) is 12.5 Å². The van der Waals surface area contributed by atoms with Gasteiger partial charge in [-0.15, -0.1) is 0 Å². The molecule has 0 heterocycles. The summed E-state index contributed by atoms with van der Waals surface area (Å²) in [5, 5.41) is 16.8. The number of halogens is 3. The summed E-state index contributed by atoms with van der Waals surface area (Å²) in [6.45, 7) is 0. The lowest BCUT2D eigenvalue weighted by atomic mass is 10.1. The number of carboxylic acid groups (broad SMARTS) is 1. The van der Waals surface area contributed by atoms with Crippen LogP contribution in [-0.2, 0) is 4.79 Å². The van der Waals surface area contributed by atoms with Crippen LogP contribution in [0.1, 0.15) is 19.3 Å². The highest BCUT2D eigenvalue weighted by Crippen LogP contribution is 2.22. The predicted molar refractivity (Wildman–Crippen MR) is 33.5 cm³/mol. The second-order valence-electron chi connectivity index (χ2n) is 2.41. The normalized spacial score (nSPS) is 14.3.